The lowest BCUT2D eigenvalue weighted by molar-refractivity contribution is -0.274. The zero-order valence-corrected chi connectivity index (χ0v) is 20.3. The molecule has 0 saturated carbocycles. The molecule has 2 aromatic carbocycles. The highest BCUT2D eigenvalue weighted by Crippen LogP contribution is 2.34. The van der Waals surface area contributed by atoms with Gasteiger partial charge in [0, 0.05) is 13.3 Å². The van der Waals surface area contributed by atoms with Crippen molar-refractivity contribution in [3.63, 3.8) is 0 Å². The van der Waals surface area contributed by atoms with Gasteiger partial charge in [-0.3, -0.25) is 4.79 Å². The average Bonchev–Trinajstić information content (AvgIpc) is 2.80. The Balaban J connectivity index is 1.80. The molecule has 0 bridgehead atoms. The number of benzene rings is 2. The summed E-state index contributed by atoms with van der Waals surface area (Å²) in [5.41, 5.74) is 1.43. The Hall–Kier alpha value is -2.41. The van der Waals surface area contributed by atoms with Crippen LogP contribution in [0.4, 0.5) is 0 Å². The summed E-state index contributed by atoms with van der Waals surface area (Å²) in [6.07, 6.45) is 2.38. The van der Waals surface area contributed by atoms with E-state index < -0.39 is 11.3 Å². The van der Waals surface area contributed by atoms with Crippen LogP contribution in [0.1, 0.15) is 64.2 Å². The van der Waals surface area contributed by atoms with Crippen molar-refractivity contribution in [2.75, 3.05) is 19.8 Å². The molecule has 6 nitrogen and oxygen atoms in total. The molecule has 6 heteroatoms. The quantitative estimate of drug-likeness (QED) is 0.474. The predicted octanol–water partition coefficient (Wildman–Crippen LogP) is 5.17. The van der Waals surface area contributed by atoms with Crippen LogP contribution in [0.3, 0.4) is 0 Å². The lowest BCUT2D eigenvalue weighted by Crippen LogP contribution is -2.61. The largest absolute Gasteiger partial charge is 0.494 e. The molecule has 1 atom stereocenters. The molecule has 3 rings (SSSR count). The van der Waals surface area contributed by atoms with Gasteiger partial charge < -0.3 is 24.3 Å². The molecule has 1 unspecified atom stereocenters. The maximum atomic E-state index is 12.1. The molecule has 2 aromatic rings. The van der Waals surface area contributed by atoms with E-state index in [-0.39, 0.29) is 12.0 Å². The molecule has 180 valence electrons. The summed E-state index contributed by atoms with van der Waals surface area (Å²) >= 11 is 0. The fourth-order valence-corrected chi connectivity index (χ4v) is 3.83. The second-order valence-electron chi connectivity index (χ2n) is 9.20. The molecule has 0 aromatic heterocycles. The van der Waals surface area contributed by atoms with Gasteiger partial charge in [-0.2, -0.15) is 0 Å². The third-order valence-corrected chi connectivity index (χ3v) is 5.72. The van der Waals surface area contributed by atoms with E-state index in [4.69, 9.17) is 18.9 Å². The van der Waals surface area contributed by atoms with Crippen molar-refractivity contribution in [2.24, 2.45) is 0 Å². The van der Waals surface area contributed by atoms with Crippen LogP contribution in [0.5, 0.6) is 5.75 Å². The highest BCUT2D eigenvalue weighted by molar-refractivity contribution is 5.74. The topological polar surface area (TPSA) is 66.0 Å². The summed E-state index contributed by atoms with van der Waals surface area (Å²) < 4.78 is 24.1. The number of hydrogen-bond acceptors (Lipinski definition) is 5. The van der Waals surface area contributed by atoms with Gasteiger partial charge in [0.15, 0.2) is 5.79 Å². The third kappa shape index (κ3) is 7.84. The van der Waals surface area contributed by atoms with Crippen molar-refractivity contribution in [3.8, 4) is 5.75 Å². The minimum Gasteiger partial charge on any atom is -0.494 e. The van der Waals surface area contributed by atoms with Crippen LogP contribution in [0.25, 0.3) is 0 Å². The van der Waals surface area contributed by atoms with E-state index in [0.29, 0.717) is 32.8 Å². The fourth-order valence-electron chi connectivity index (χ4n) is 3.83. The minimum atomic E-state index is -0.682. The van der Waals surface area contributed by atoms with Crippen LogP contribution in [0.2, 0.25) is 0 Å². The summed E-state index contributed by atoms with van der Waals surface area (Å²) in [6, 6.07) is 18.1. The first-order chi connectivity index (χ1) is 15.8. The Kier molecular flexibility index (Phi) is 8.89. The van der Waals surface area contributed by atoms with Crippen molar-refractivity contribution < 1.29 is 23.7 Å². The maximum absolute atomic E-state index is 12.1. The van der Waals surface area contributed by atoms with Crippen LogP contribution in [0.15, 0.2) is 54.6 Å². The number of carbonyl (C=O) groups is 1. The van der Waals surface area contributed by atoms with E-state index in [1.807, 2.05) is 68.4 Å². The molecule has 1 N–H and O–H groups in total. The van der Waals surface area contributed by atoms with E-state index in [2.05, 4.69) is 12.2 Å². The zero-order valence-electron chi connectivity index (χ0n) is 20.3. The first-order valence-electron chi connectivity index (χ1n) is 11.8. The average molecular weight is 456 g/mol. The molecule has 1 aliphatic heterocycles. The zero-order chi connectivity index (χ0) is 23.7. The molecule has 1 fully saturated rings. The van der Waals surface area contributed by atoms with E-state index in [0.717, 1.165) is 29.7 Å². The molecule has 33 heavy (non-hydrogen) atoms. The molecule has 0 aliphatic carbocycles. The Morgan fingerprint density at radius 2 is 1.73 bits per heavy atom. The standard InChI is InChI=1S/C27H37NO5/c1-5-6-16-30-24-14-12-23(13-15-24)25(31-18-22-10-8-7-9-11-22)17-27(28-21(2)29)19-32-26(3,4)33-20-27/h7-15,25H,5-6,16-20H2,1-4H3,(H,28,29). The number of ether oxygens (including phenoxy) is 4. The van der Waals surface area contributed by atoms with Crippen molar-refractivity contribution >= 4 is 5.91 Å². The number of rotatable bonds is 11. The highest BCUT2D eigenvalue weighted by Gasteiger charge is 2.42. The number of amides is 1. The number of hydrogen-bond donors (Lipinski definition) is 1. The number of nitrogens with one attached hydrogen (secondary N) is 1. The third-order valence-electron chi connectivity index (χ3n) is 5.72. The fraction of sp³-hybridized carbons (Fsp3) is 0.519. The van der Waals surface area contributed by atoms with E-state index in [9.17, 15) is 4.79 Å². The van der Waals surface area contributed by atoms with Crippen LogP contribution >= 0.6 is 0 Å². The van der Waals surface area contributed by atoms with Gasteiger partial charge in [-0.25, -0.2) is 0 Å². The summed E-state index contributed by atoms with van der Waals surface area (Å²) in [4.78, 5) is 12.1. The molecule has 1 amide bonds. The van der Waals surface area contributed by atoms with Crippen molar-refractivity contribution in [3.05, 3.63) is 65.7 Å². The summed E-state index contributed by atoms with van der Waals surface area (Å²) in [7, 11) is 0. The van der Waals surface area contributed by atoms with Crippen molar-refractivity contribution in [1.82, 2.24) is 5.32 Å². The maximum Gasteiger partial charge on any atom is 0.217 e. The molecule has 0 radical (unpaired) electrons. The SMILES string of the molecule is CCCCOc1ccc(C(CC2(NC(C)=O)COC(C)(C)OC2)OCc2ccccc2)cc1. The minimum absolute atomic E-state index is 0.122. The van der Waals surface area contributed by atoms with Gasteiger partial charge in [0.1, 0.15) is 5.75 Å². The first kappa shape index (κ1) is 25.2. The van der Waals surface area contributed by atoms with Crippen LogP contribution < -0.4 is 10.1 Å². The molecule has 0 spiro atoms. The summed E-state index contributed by atoms with van der Waals surface area (Å²) in [5, 5.41) is 3.08. The second-order valence-corrected chi connectivity index (χ2v) is 9.20. The second kappa shape index (κ2) is 11.6. The summed E-state index contributed by atoms with van der Waals surface area (Å²) in [6.45, 7) is 9.29. The first-order valence-corrected chi connectivity index (χ1v) is 11.8. The van der Waals surface area contributed by atoms with Crippen molar-refractivity contribution in [1.29, 1.82) is 0 Å². The number of carbonyl (C=O) groups excluding carboxylic acids is 1. The van der Waals surface area contributed by atoms with Crippen molar-refractivity contribution in [2.45, 2.75) is 71.0 Å². The van der Waals surface area contributed by atoms with Gasteiger partial charge in [-0.1, -0.05) is 55.8 Å². The van der Waals surface area contributed by atoms with Gasteiger partial charge in [0.2, 0.25) is 5.91 Å². The van der Waals surface area contributed by atoms with Gasteiger partial charge in [0.25, 0.3) is 0 Å². The van der Waals surface area contributed by atoms with E-state index >= 15 is 0 Å². The lowest BCUT2D eigenvalue weighted by atomic mass is 9.89. The predicted molar refractivity (Wildman–Crippen MR) is 128 cm³/mol. The highest BCUT2D eigenvalue weighted by atomic mass is 16.7. The summed E-state index contributed by atoms with van der Waals surface area (Å²) in [5.74, 6) is 0.0416. The Labute approximate surface area is 197 Å². The monoisotopic (exact) mass is 455 g/mol. The van der Waals surface area contributed by atoms with Gasteiger partial charge in [-0.15, -0.1) is 0 Å². The Bertz CT molecular complexity index is 856. The molecular weight excluding hydrogens is 418 g/mol. The van der Waals surface area contributed by atoms with Gasteiger partial charge in [0.05, 0.1) is 38.1 Å². The van der Waals surface area contributed by atoms with E-state index in [1.54, 1.807) is 0 Å². The normalized spacial score (nSPS) is 17.8. The lowest BCUT2D eigenvalue weighted by Gasteiger charge is -2.45. The van der Waals surface area contributed by atoms with Crippen LogP contribution in [0, 0.1) is 0 Å². The molecule has 1 heterocycles. The number of unbranched alkanes of at least 4 members (excludes halogenated alkanes) is 1. The van der Waals surface area contributed by atoms with Gasteiger partial charge >= 0.3 is 0 Å². The van der Waals surface area contributed by atoms with Crippen LogP contribution in [-0.4, -0.2) is 37.1 Å². The van der Waals surface area contributed by atoms with E-state index in [1.165, 1.54) is 6.92 Å². The Morgan fingerprint density at radius 1 is 1.06 bits per heavy atom. The molecular formula is C27H37NO5. The molecule has 1 saturated heterocycles. The Morgan fingerprint density at radius 3 is 2.33 bits per heavy atom. The molecule has 1 aliphatic rings. The smallest absolute Gasteiger partial charge is 0.217 e. The van der Waals surface area contributed by atoms with Crippen LogP contribution in [-0.2, 0) is 25.6 Å². The van der Waals surface area contributed by atoms with Gasteiger partial charge in [-0.05, 0) is 43.5 Å².